The fourth-order valence-electron chi connectivity index (χ4n) is 2.51. The first-order valence-electron chi connectivity index (χ1n) is 7.12. The molecule has 7 heteroatoms. The molecule has 1 aliphatic rings. The highest BCUT2D eigenvalue weighted by atomic mass is 79.9. The van der Waals surface area contributed by atoms with Crippen molar-refractivity contribution in [3.63, 3.8) is 0 Å². The second kappa shape index (κ2) is 7.03. The van der Waals surface area contributed by atoms with E-state index in [-0.39, 0.29) is 11.8 Å². The van der Waals surface area contributed by atoms with Crippen LogP contribution in [0.5, 0.6) is 0 Å². The van der Waals surface area contributed by atoms with Gasteiger partial charge in [0, 0.05) is 36.0 Å². The Hall–Kier alpha value is -1.37. The predicted octanol–water partition coefficient (Wildman–Crippen LogP) is 3.76. The van der Waals surface area contributed by atoms with Crippen LogP contribution in [0.25, 0.3) is 0 Å². The average molecular weight is 414 g/mol. The van der Waals surface area contributed by atoms with Gasteiger partial charge in [-0.05, 0) is 29.6 Å². The molecule has 0 N–H and O–H groups in total. The summed E-state index contributed by atoms with van der Waals surface area (Å²) < 4.78 is 0.816. The van der Waals surface area contributed by atoms with Gasteiger partial charge in [-0.1, -0.05) is 27.5 Å². The van der Waals surface area contributed by atoms with Gasteiger partial charge in [0.25, 0.3) is 11.8 Å². The van der Waals surface area contributed by atoms with Gasteiger partial charge in [-0.3, -0.25) is 9.59 Å². The lowest BCUT2D eigenvalue weighted by atomic mass is 10.1. The first-order valence-corrected chi connectivity index (χ1v) is 9.23. The van der Waals surface area contributed by atoms with Gasteiger partial charge in [-0.25, -0.2) is 0 Å². The van der Waals surface area contributed by atoms with Crippen molar-refractivity contribution < 1.29 is 9.59 Å². The largest absolute Gasteiger partial charge is 0.335 e. The van der Waals surface area contributed by atoms with Crippen LogP contribution in [-0.4, -0.2) is 47.8 Å². The third kappa shape index (κ3) is 3.59. The highest BCUT2D eigenvalue weighted by molar-refractivity contribution is 9.10. The molecule has 0 atom stereocenters. The standard InChI is InChI=1S/C16H14BrClN2O2S/c17-12-1-2-14(18)13(9-12)16(22)20-6-4-19(5-7-20)15(21)11-3-8-23-10-11/h1-3,8-10H,4-7H2. The Labute approximate surface area is 151 Å². The molecule has 1 fully saturated rings. The molecule has 3 rings (SSSR count). The van der Waals surface area contributed by atoms with Gasteiger partial charge < -0.3 is 9.80 Å². The van der Waals surface area contributed by atoms with E-state index in [0.717, 1.165) is 4.47 Å². The van der Waals surface area contributed by atoms with Crippen molar-refractivity contribution in [2.45, 2.75) is 0 Å². The average Bonchev–Trinajstić information content (AvgIpc) is 3.10. The zero-order valence-corrected chi connectivity index (χ0v) is 15.3. The summed E-state index contributed by atoms with van der Waals surface area (Å²) in [5.74, 6) is -0.0715. The van der Waals surface area contributed by atoms with Gasteiger partial charge >= 0.3 is 0 Å². The summed E-state index contributed by atoms with van der Waals surface area (Å²) in [6, 6.07) is 7.06. The van der Waals surface area contributed by atoms with Crippen molar-refractivity contribution in [1.29, 1.82) is 0 Å². The van der Waals surface area contributed by atoms with Crippen molar-refractivity contribution in [1.82, 2.24) is 9.80 Å². The lowest BCUT2D eigenvalue weighted by molar-refractivity contribution is 0.0536. The van der Waals surface area contributed by atoms with Crippen molar-refractivity contribution in [3.05, 3.63) is 55.6 Å². The van der Waals surface area contributed by atoms with E-state index in [1.165, 1.54) is 11.3 Å². The van der Waals surface area contributed by atoms with Crippen LogP contribution in [0.4, 0.5) is 0 Å². The molecule has 0 saturated carbocycles. The van der Waals surface area contributed by atoms with E-state index in [1.54, 1.807) is 28.0 Å². The maximum absolute atomic E-state index is 12.6. The molecule has 4 nitrogen and oxygen atoms in total. The second-order valence-corrected chi connectivity index (χ2v) is 7.32. The molecule has 1 aliphatic heterocycles. The summed E-state index contributed by atoms with van der Waals surface area (Å²) in [4.78, 5) is 28.4. The highest BCUT2D eigenvalue weighted by Gasteiger charge is 2.26. The van der Waals surface area contributed by atoms with Gasteiger partial charge in [0.05, 0.1) is 16.1 Å². The lowest BCUT2D eigenvalue weighted by Gasteiger charge is -2.34. The Morgan fingerprint density at radius 1 is 1.04 bits per heavy atom. The van der Waals surface area contributed by atoms with Crippen LogP contribution in [0.1, 0.15) is 20.7 Å². The molecule has 23 heavy (non-hydrogen) atoms. The first kappa shape index (κ1) is 16.5. The third-order valence-electron chi connectivity index (χ3n) is 3.78. The molecule has 0 aliphatic carbocycles. The molecule has 0 radical (unpaired) electrons. The fraction of sp³-hybridized carbons (Fsp3) is 0.250. The summed E-state index contributed by atoms with van der Waals surface area (Å²) in [6.45, 7) is 2.09. The molecule has 1 aromatic carbocycles. The number of benzene rings is 1. The number of thiophene rings is 1. The zero-order valence-electron chi connectivity index (χ0n) is 12.2. The van der Waals surface area contributed by atoms with Gasteiger partial charge in [-0.2, -0.15) is 11.3 Å². The number of rotatable bonds is 2. The molecule has 2 amide bonds. The van der Waals surface area contributed by atoms with Crippen LogP contribution >= 0.6 is 38.9 Å². The molecule has 1 aromatic heterocycles. The van der Waals surface area contributed by atoms with Crippen LogP contribution in [0.15, 0.2) is 39.5 Å². The molecule has 0 bridgehead atoms. The van der Waals surface area contributed by atoms with E-state index in [4.69, 9.17) is 11.6 Å². The fourth-order valence-corrected chi connectivity index (χ4v) is 3.70. The van der Waals surface area contributed by atoms with Crippen molar-refractivity contribution in [2.24, 2.45) is 0 Å². The van der Waals surface area contributed by atoms with E-state index in [0.29, 0.717) is 42.3 Å². The summed E-state index contributed by atoms with van der Waals surface area (Å²) in [7, 11) is 0. The quantitative estimate of drug-likeness (QED) is 0.752. The van der Waals surface area contributed by atoms with Crippen molar-refractivity contribution in [3.8, 4) is 0 Å². The minimum Gasteiger partial charge on any atom is -0.335 e. The minimum absolute atomic E-state index is 0.0267. The van der Waals surface area contributed by atoms with Crippen LogP contribution in [0.3, 0.4) is 0 Å². The number of halogens is 2. The topological polar surface area (TPSA) is 40.6 Å². The van der Waals surface area contributed by atoms with Gasteiger partial charge in [0.15, 0.2) is 0 Å². The molecule has 2 aromatic rings. The molecule has 0 spiro atoms. The maximum atomic E-state index is 12.6. The van der Waals surface area contributed by atoms with E-state index in [2.05, 4.69) is 15.9 Å². The van der Waals surface area contributed by atoms with Crippen LogP contribution < -0.4 is 0 Å². The molecular formula is C16H14BrClN2O2S. The SMILES string of the molecule is O=C(c1ccsc1)N1CCN(C(=O)c2cc(Br)ccc2Cl)CC1. The highest BCUT2D eigenvalue weighted by Crippen LogP contribution is 2.23. The Balaban J connectivity index is 1.66. The van der Waals surface area contributed by atoms with E-state index in [9.17, 15) is 9.59 Å². The third-order valence-corrected chi connectivity index (χ3v) is 5.29. The van der Waals surface area contributed by atoms with Gasteiger partial charge in [0.2, 0.25) is 0 Å². The van der Waals surface area contributed by atoms with Gasteiger partial charge in [0.1, 0.15) is 0 Å². The Kier molecular flexibility index (Phi) is 5.04. The monoisotopic (exact) mass is 412 g/mol. The maximum Gasteiger partial charge on any atom is 0.255 e. The summed E-state index contributed by atoms with van der Waals surface area (Å²) in [6.07, 6.45) is 0. The molecular weight excluding hydrogens is 400 g/mol. The van der Waals surface area contributed by atoms with Crippen molar-refractivity contribution in [2.75, 3.05) is 26.2 Å². The first-order chi connectivity index (χ1) is 11.1. The molecule has 120 valence electrons. The minimum atomic E-state index is -0.0982. The molecule has 1 saturated heterocycles. The van der Waals surface area contributed by atoms with Crippen molar-refractivity contribution >= 4 is 50.7 Å². The number of carbonyl (C=O) groups is 2. The van der Waals surface area contributed by atoms with Crippen LogP contribution in [-0.2, 0) is 0 Å². The smallest absolute Gasteiger partial charge is 0.255 e. The Morgan fingerprint density at radius 3 is 2.30 bits per heavy atom. The van der Waals surface area contributed by atoms with Crippen LogP contribution in [0.2, 0.25) is 5.02 Å². The molecule has 0 unspecified atom stereocenters. The van der Waals surface area contributed by atoms with Gasteiger partial charge in [-0.15, -0.1) is 0 Å². The zero-order chi connectivity index (χ0) is 16.4. The summed E-state index contributed by atoms with van der Waals surface area (Å²) >= 11 is 11.0. The predicted molar refractivity (Wildman–Crippen MR) is 95.3 cm³/mol. The number of carbonyl (C=O) groups excluding carboxylic acids is 2. The van der Waals surface area contributed by atoms with Crippen LogP contribution in [0, 0.1) is 0 Å². The Bertz CT molecular complexity index is 728. The summed E-state index contributed by atoms with van der Waals surface area (Å²) in [5, 5.41) is 4.18. The Morgan fingerprint density at radius 2 is 1.70 bits per heavy atom. The van der Waals surface area contributed by atoms with E-state index >= 15 is 0 Å². The molecule has 2 heterocycles. The summed E-state index contributed by atoms with van der Waals surface area (Å²) in [5.41, 5.74) is 1.20. The van der Waals surface area contributed by atoms with E-state index in [1.807, 2.05) is 16.8 Å². The number of hydrogen-bond donors (Lipinski definition) is 0. The number of nitrogens with zero attached hydrogens (tertiary/aromatic N) is 2. The number of piperazine rings is 1. The number of amides is 2. The lowest BCUT2D eigenvalue weighted by Crippen LogP contribution is -2.50. The van der Waals surface area contributed by atoms with E-state index < -0.39 is 0 Å². The normalized spacial score (nSPS) is 14.9. The second-order valence-electron chi connectivity index (χ2n) is 5.22. The number of hydrogen-bond acceptors (Lipinski definition) is 3.